The molecule has 0 spiro atoms. The summed E-state index contributed by atoms with van der Waals surface area (Å²) in [5, 5.41) is 6.33. The number of benzene rings is 4. The molecule has 1 unspecified atom stereocenters. The summed E-state index contributed by atoms with van der Waals surface area (Å²) in [4.78, 5) is 26.1. The number of furan rings is 1. The average molecular weight is 687 g/mol. The number of fused-ring (bicyclic) bond motifs is 1. The third kappa shape index (κ3) is 9.12. The van der Waals surface area contributed by atoms with E-state index in [1.807, 2.05) is 30.3 Å². The van der Waals surface area contributed by atoms with Gasteiger partial charge in [0.2, 0.25) is 5.91 Å². The minimum absolute atomic E-state index is 0.0879. The number of alkyl halides is 3. The van der Waals surface area contributed by atoms with Crippen LogP contribution in [-0.2, 0) is 21.3 Å². The van der Waals surface area contributed by atoms with Crippen LogP contribution in [0.2, 0.25) is 5.02 Å². The second-order valence-corrected chi connectivity index (χ2v) is 12.4. The van der Waals surface area contributed by atoms with E-state index in [2.05, 4.69) is 15.4 Å². The maximum absolute atomic E-state index is 13.7. The molecule has 0 saturated carbocycles. The Labute approximate surface area is 272 Å². The molecule has 0 aliphatic carbocycles. The van der Waals surface area contributed by atoms with Gasteiger partial charge in [-0.15, -0.1) is 13.2 Å². The van der Waals surface area contributed by atoms with Gasteiger partial charge in [-0.2, -0.15) is 8.42 Å². The zero-order valence-corrected chi connectivity index (χ0v) is 25.8. The molecule has 0 bridgehead atoms. The van der Waals surface area contributed by atoms with Crippen LogP contribution in [0.25, 0.3) is 22.3 Å². The van der Waals surface area contributed by atoms with Gasteiger partial charge in [-0.05, 0) is 72.1 Å². The van der Waals surface area contributed by atoms with Crippen LogP contribution in [0.3, 0.4) is 0 Å². The van der Waals surface area contributed by atoms with Gasteiger partial charge in [0.1, 0.15) is 17.1 Å². The number of anilines is 1. The van der Waals surface area contributed by atoms with Crippen LogP contribution in [-0.4, -0.2) is 43.4 Å². The number of halogens is 4. The Balaban J connectivity index is 1.35. The number of hydrogen-bond acceptors (Lipinski definition) is 6. The van der Waals surface area contributed by atoms with E-state index < -0.39 is 45.7 Å². The van der Waals surface area contributed by atoms with Crippen LogP contribution in [0.5, 0.6) is 5.75 Å². The number of amides is 2. The minimum atomic E-state index is -4.88. The van der Waals surface area contributed by atoms with Gasteiger partial charge in [-0.1, -0.05) is 54.1 Å². The van der Waals surface area contributed by atoms with Gasteiger partial charge in [-0.3, -0.25) is 14.1 Å². The highest BCUT2D eigenvalue weighted by Gasteiger charge is 2.31. The van der Waals surface area contributed by atoms with Gasteiger partial charge in [0, 0.05) is 23.1 Å². The lowest BCUT2D eigenvalue weighted by molar-refractivity contribution is -0.274. The van der Waals surface area contributed by atoms with Crippen molar-refractivity contribution in [1.29, 1.82) is 0 Å². The summed E-state index contributed by atoms with van der Waals surface area (Å²) in [6.07, 6.45) is -4.80. The molecule has 0 saturated heterocycles. The molecule has 0 aliphatic heterocycles. The second-order valence-electron chi connectivity index (χ2n) is 10.4. The molecule has 1 aromatic heterocycles. The largest absolute Gasteiger partial charge is 0.573 e. The first-order valence-corrected chi connectivity index (χ1v) is 16.0. The Morgan fingerprint density at radius 2 is 1.64 bits per heavy atom. The van der Waals surface area contributed by atoms with Crippen molar-refractivity contribution < 1.29 is 44.9 Å². The van der Waals surface area contributed by atoms with E-state index in [-0.39, 0.29) is 23.6 Å². The Morgan fingerprint density at radius 1 is 0.936 bits per heavy atom. The SMILES string of the molecule is O=C(NCCS(=O)(=O)O)c1ccc(CC(C(=O)Nc2ccc(-c3cc4ccccc4o3)cc2Cl)c2ccc(OC(F)(F)F)cc2)cc1. The highest BCUT2D eigenvalue weighted by molar-refractivity contribution is 7.85. The lowest BCUT2D eigenvalue weighted by Gasteiger charge is -2.19. The van der Waals surface area contributed by atoms with Gasteiger partial charge in [0.25, 0.3) is 16.0 Å². The Bertz CT molecular complexity index is 1980. The fourth-order valence-electron chi connectivity index (χ4n) is 4.80. The Morgan fingerprint density at radius 3 is 2.28 bits per heavy atom. The monoisotopic (exact) mass is 686 g/mol. The van der Waals surface area contributed by atoms with Crippen molar-refractivity contribution in [2.75, 3.05) is 17.6 Å². The van der Waals surface area contributed by atoms with Gasteiger partial charge >= 0.3 is 6.36 Å². The number of nitrogens with one attached hydrogen (secondary N) is 2. The minimum Gasteiger partial charge on any atom is -0.456 e. The zero-order chi connectivity index (χ0) is 33.8. The van der Waals surface area contributed by atoms with Gasteiger partial charge in [0.15, 0.2) is 0 Å². The van der Waals surface area contributed by atoms with Crippen LogP contribution in [0.15, 0.2) is 101 Å². The lowest BCUT2D eigenvalue weighted by atomic mass is 9.90. The summed E-state index contributed by atoms with van der Waals surface area (Å²) >= 11 is 6.56. The fourth-order valence-corrected chi connectivity index (χ4v) is 5.39. The number of para-hydroxylation sites is 1. The molecule has 1 heterocycles. The molecule has 5 aromatic rings. The van der Waals surface area contributed by atoms with Gasteiger partial charge in [0.05, 0.1) is 22.4 Å². The third-order valence-electron chi connectivity index (χ3n) is 7.07. The van der Waals surface area contributed by atoms with Crippen molar-refractivity contribution in [3.63, 3.8) is 0 Å². The van der Waals surface area contributed by atoms with Crippen LogP contribution in [0.1, 0.15) is 27.4 Å². The molecule has 5 rings (SSSR count). The van der Waals surface area contributed by atoms with Crippen molar-refractivity contribution in [1.82, 2.24) is 5.32 Å². The first-order valence-electron chi connectivity index (χ1n) is 14.0. The van der Waals surface area contributed by atoms with Crippen LogP contribution in [0.4, 0.5) is 18.9 Å². The molecule has 47 heavy (non-hydrogen) atoms. The van der Waals surface area contributed by atoms with Crippen molar-refractivity contribution in [3.05, 3.63) is 119 Å². The zero-order valence-electron chi connectivity index (χ0n) is 24.3. The predicted octanol–water partition coefficient (Wildman–Crippen LogP) is 7.23. The molecule has 1 atom stereocenters. The molecule has 4 aromatic carbocycles. The standard InChI is InChI=1S/C33H26ClF3N2O7S/c34-27-18-24(30-19-23-3-1-2-4-29(23)45-30)11-14-28(27)39-32(41)26(21-9-12-25(13-10-21)46-33(35,36)37)17-20-5-7-22(8-6-20)31(40)38-15-16-47(42,43)44/h1-14,18-19,26H,15-17H2,(H,38,40)(H,39,41)(H,42,43,44). The molecular weight excluding hydrogens is 661 g/mol. The van der Waals surface area contributed by atoms with E-state index in [1.54, 1.807) is 30.3 Å². The van der Waals surface area contributed by atoms with Crippen molar-refractivity contribution >= 4 is 50.2 Å². The number of carbonyl (C=O) groups is 2. The maximum Gasteiger partial charge on any atom is 0.573 e. The molecule has 14 heteroatoms. The highest BCUT2D eigenvalue weighted by atomic mass is 35.5. The van der Waals surface area contributed by atoms with Crippen molar-refractivity contribution in [2.24, 2.45) is 0 Å². The van der Waals surface area contributed by atoms with Gasteiger partial charge < -0.3 is 19.8 Å². The summed E-state index contributed by atoms with van der Waals surface area (Å²) in [7, 11) is -4.24. The normalized spacial score (nSPS) is 12.4. The number of hydrogen-bond donors (Lipinski definition) is 3. The first kappa shape index (κ1) is 33.5. The maximum atomic E-state index is 13.7. The van der Waals surface area contributed by atoms with Gasteiger partial charge in [-0.25, -0.2) is 0 Å². The topological polar surface area (TPSA) is 135 Å². The molecule has 2 amide bonds. The van der Waals surface area contributed by atoms with E-state index >= 15 is 0 Å². The van der Waals surface area contributed by atoms with E-state index in [4.69, 9.17) is 20.6 Å². The highest BCUT2D eigenvalue weighted by Crippen LogP contribution is 2.34. The first-order chi connectivity index (χ1) is 22.2. The van der Waals surface area contributed by atoms with Crippen LogP contribution >= 0.6 is 11.6 Å². The van der Waals surface area contributed by atoms with Crippen molar-refractivity contribution in [3.8, 4) is 17.1 Å². The molecule has 0 aliphatic rings. The van der Waals surface area contributed by atoms with Crippen molar-refractivity contribution in [2.45, 2.75) is 18.7 Å². The average Bonchev–Trinajstić information content (AvgIpc) is 3.45. The Hall–Kier alpha value is -4.85. The molecule has 0 radical (unpaired) electrons. The summed E-state index contributed by atoms with van der Waals surface area (Å²) in [5.74, 6) is -2.49. The van der Waals surface area contributed by atoms with E-state index in [0.717, 1.165) is 17.5 Å². The number of carbonyl (C=O) groups excluding carboxylic acids is 2. The molecular formula is C33H26ClF3N2O7S. The Kier molecular flexibility index (Phi) is 9.89. The van der Waals surface area contributed by atoms with E-state index in [0.29, 0.717) is 33.7 Å². The van der Waals surface area contributed by atoms with Crippen LogP contribution in [0, 0.1) is 0 Å². The third-order valence-corrected chi connectivity index (χ3v) is 8.10. The second kappa shape index (κ2) is 13.9. The summed E-state index contributed by atoms with van der Waals surface area (Å²) in [6, 6.07) is 25.4. The summed E-state index contributed by atoms with van der Waals surface area (Å²) < 4.78 is 78.7. The summed E-state index contributed by atoms with van der Waals surface area (Å²) in [5.41, 5.74) is 2.89. The quantitative estimate of drug-likeness (QED) is 0.125. The molecule has 0 fully saturated rings. The van der Waals surface area contributed by atoms with Crippen LogP contribution < -0.4 is 15.4 Å². The van der Waals surface area contributed by atoms with E-state index in [1.165, 1.54) is 24.3 Å². The fraction of sp³-hybridized carbons (Fsp3) is 0.152. The smallest absolute Gasteiger partial charge is 0.456 e. The number of rotatable bonds is 11. The lowest BCUT2D eigenvalue weighted by Crippen LogP contribution is -2.28. The summed E-state index contributed by atoms with van der Waals surface area (Å²) in [6.45, 7) is -0.294. The molecule has 244 valence electrons. The number of ether oxygens (including phenoxy) is 1. The molecule has 9 nitrogen and oxygen atoms in total. The predicted molar refractivity (Wildman–Crippen MR) is 170 cm³/mol. The van der Waals surface area contributed by atoms with E-state index in [9.17, 15) is 31.2 Å². The molecule has 3 N–H and O–H groups in total.